The van der Waals surface area contributed by atoms with E-state index in [1.807, 2.05) is 6.92 Å². The molecule has 1 aromatic carbocycles. The molecule has 0 aliphatic carbocycles. The molecule has 0 radical (unpaired) electrons. The van der Waals surface area contributed by atoms with Gasteiger partial charge in [-0.3, -0.25) is 4.79 Å². The molecule has 0 unspecified atom stereocenters. The summed E-state index contributed by atoms with van der Waals surface area (Å²) in [6.45, 7) is 0.709. The van der Waals surface area contributed by atoms with Crippen LogP contribution < -0.4 is 5.73 Å². The lowest BCUT2D eigenvalue weighted by Gasteiger charge is -2.24. The lowest BCUT2D eigenvalue weighted by atomic mass is 10.1. The van der Waals surface area contributed by atoms with Crippen LogP contribution in [0.1, 0.15) is 30.1 Å². The van der Waals surface area contributed by atoms with Gasteiger partial charge in [-0.2, -0.15) is 13.2 Å². The molecule has 0 saturated heterocycles. The Labute approximate surface area is 110 Å². The van der Waals surface area contributed by atoms with Crippen LogP contribution in [0, 0.1) is 0 Å². The highest BCUT2D eigenvalue weighted by Crippen LogP contribution is 2.19. The summed E-state index contributed by atoms with van der Waals surface area (Å²) < 4.78 is 37.4. The smallest absolute Gasteiger partial charge is 0.399 e. The highest BCUT2D eigenvalue weighted by molar-refractivity contribution is 5.95. The minimum atomic E-state index is -4.40. The Bertz CT molecular complexity index is 432. The van der Waals surface area contributed by atoms with Crippen LogP contribution in [0.4, 0.5) is 18.9 Å². The van der Waals surface area contributed by atoms with Gasteiger partial charge in [0.2, 0.25) is 0 Å². The fourth-order valence-electron chi connectivity index (χ4n) is 1.67. The number of nitrogen functional groups attached to an aromatic ring is 1. The van der Waals surface area contributed by atoms with Crippen LogP contribution >= 0.6 is 0 Å². The minimum Gasteiger partial charge on any atom is -0.399 e. The highest BCUT2D eigenvalue weighted by Gasteiger charge is 2.33. The zero-order valence-corrected chi connectivity index (χ0v) is 10.7. The number of hydrogen-bond donors (Lipinski definition) is 1. The number of alkyl halides is 3. The number of unbranched alkanes of at least 4 members (excludes halogenated alkanes) is 1. The molecule has 0 aliphatic rings. The van der Waals surface area contributed by atoms with Crippen molar-refractivity contribution in [3.8, 4) is 0 Å². The predicted molar refractivity (Wildman–Crippen MR) is 67.7 cm³/mol. The van der Waals surface area contributed by atoms with Crippen LogP contribution in [-0.2, 0) is 0 Å². The molecule has 0 aromatic heterocycles. The SMILES string of the molecule is CCCCN(CC(F)(F)F)C(=O)c1cccc(N)c1. The number of halogens is 3. The molecule has 1 amide bonds. The summed E-state index contributed by atoms with van der Waals surface area (Å²) in [7, 11) is 0. The summed E-state index contributed by atoms with van der Waals surface area (Å²) in [5, 5.41) is 0. The molecule has 0 atom stereocenters. The topological polar surface area (TPSA) is 46.3 Å². The van der Waals surface area contributed by atoms with Crippen molar-refractivity contribution in [1.82, 2.24) is 4.90 Å². The zero-order chi connectivity index (χ0) is 14.5. The third-order valence-electron chi connectivity index (χ3n) is 2.57. The lowest BCUT2D eigenvalue weighted by molar-refractivity contribution is -0.140. The molecule has 0 heterocycles. The van der Waals surface area contributed by atoms with Gasteiger partial charge in [0.15, 0.2) is 0 Å². The number of rotatable bonds is 5. The number of nitrogens with two attached hydrogens (primary N) is 1. The molecule has 1 rings (SSSR count). The Hall–Kier alpha value is -1.72. The number of anilines is 1. The Kier molecular flexibility index (Phi) is 5.20. The normalized spacial score (nSPS) is 11.4. The van der Waals surface area contributed by atoms with Crippen molar-refractivity contribution in [2.24, 2.45) is 0 Å². The largest absolute Gasteiger partial charge is 0.406 e. The molecule has 19 heavy (non-hydrogen) atoms. The Morgan fingerprint density at radius 2 is 2.05 bits per heavy atom. The highest BCUT2D eigenvalue weighted by atomic mass is 19.4. The molecule has 106 valence electrons. The van der Waals surface area contributed by atoms with Crippen molar-refractivity contribution in [1.29, 1.82) is 0 Å². The van der Waals surface area contributed by atoms with Gasteiger partial charge in [-0.25, -0.2) is 0 Å². The molecule has 0 bridgehead atoms. The summed E-state index contributed by atoms with van der Waals surface area (Å²) in [4.78, 5) is 12.9. The molecule has 0 fully saturated rings. The first-order chi connectivity index (χ1) is 8.83. The molecule has 0 spiro atoms. The molecule has 2 N–H and O–H groups in total. The predicted octanol–water partition coefficient (Wildman–Crippen LogP) is 3.07. The molecule has 1 aromatic rings. The van der Waals surface area contributed by atoms with Crippen molar-refractivity contribution in [3.63, 3.8) is 0 Å². The van der Waals surface area contributed by atoms with Crippen molar-refractivity contribution in [2.75, 3.05) is 18.8 Å². The standard InChI is InChI=1S/C13H17F3N2O/c1-2-3-7-18(9-13(14,15)16)12(19)10-5-4-6-11(17)8-10/h4-6,8H,2-3,7,9,17H2,1H3. The van der Waals surface area contributed by atoms with Crippen LogP contribution in [0.3, 0.4) is 0 Å². The quantitative estimate of drug-likeness (QED) is 0.839. The summed E-state index contributed by atoms with van der Waals surface area (Å²) in [6, 6.07) is 5.98. The fourth-order valence-corrected chi connectivity index (χ4v) is 1.67. The van der Waals surface area contributed by atoms with Crippen molar-refractivity contribution >= 4 is 11.6 Å². The van der Waals surface area contributed by atoms with E-state index < -0.39 is 18.6 Å². The van der Waals surface area contributed by atoms with Crippen LogP contribution in [-0.4, -0.2) is 30.1 Å². The van der Waals surface area contributed by atoms with Crippen LogP contribution in [0.5, 0.6) is 0 Å². The van der Waals surface area contributed by atoms with E-state index >= 15 is 0 Å². The Morgan fingerprint density at radius 1 is 1.37 bits per heavy atom. The van der Waals surface area contributed by atoms with E-state index in [4.69, 9.17) is 5.73 Å². The number of benzene rings is 1. The van der Waals surface area contributed by atoms with E-state index in [-0.39, 0.29) is 12.1 Å². The Balaban J connectivity index is 2.87. The number of carbonyl (C=O) groups is 1. The maximum Gasteiger partial charge on any atom is 0.406 e. The molecular weight excluding hydrogens is 257 g/mol. The average Bonchev–Trinajstić information content (AvgIpc) is 2.32. The van der Waals surface area contributed by atoms with E-state index in [0.29, 0.717) is 12.1 Å². The summed E-state index contributed by atoms with van der Waals surface area (Å²) >= 11 is 0. The summed E-state index contributed by atoms with van der Waals surface area (Å²) in [5.74, 6) is -0.641. The van der Waals surface area contributed by atoms with Gasteiger partial charge in [-0.15, -0.1) is 0 Å². The van der Waals surface area contributed by atoms with Gasteiger partial charge in [0.1, 0.15) is 6.54 Å². The summed E-state index contributed by atoms with van der Waals surface area (Å²) in [6.07, 6.45) is -3.15. The van der Waals surface area contributed by atoms with E-state index in [1.54, 1.807) is 12.1 Å². The van der Waals surface area contributed by atoms with Crippen LogP contribution in [0.2, 0.25) is 0 Å². The second kappa shape index (κ2) is 6.45. The monoisotopic (exact) mass is 274 g/mol. The minimum absolute atomic E-state index is 0.0869. The summed E-state index contributed by atoms with van der Waals surface area (Å²) in [5.41, 5.74) is 6.07. The van der Waals surface area contributed by atoms with E-state index in [2.05, 4.69) is 0 Å². The molecule has 0 aliphatic heterocycles. The number of amides is 1. The maximum absolute atomic E-state index is 12.5. The van der Waals surface area contributed by atoms with E-state index in [0.717, 1.165) is 11.3 Å². The van der Waals surface area contributed by atoms with Gasteiger partial charge in [-0.1, -0.05) is 19.4 Å². The first kappa shape index (κ1) is 15.3. The average molecular weight is 274 g/mol. The molecule has 6 heteroatoms. The zero-order valence-electron chi connectivity index (χ0n) is 10.7. The van der Waals surface area contributed by atoms with Crippen LogP contribution in [0.15, 0.2) is 24.3 Å². The van der Waals surface area contributed by atoms with Gasteiger partial charge in [0.25, 0.3) is 5.91 Å². The van der Waals surface area contributed by atoms with Crippen molar-refractivity contribution < 1.29 is 18.0 Å². The first-order valence-electron chi connectivity index (χ1n) is 6.05. The molecule has 3 nitrogen and oxygen atoms in total. The van der Waals surface area contributed by atoms with Gasteiger partial charge < -0.3 is 10.6 Å². The lowest BCUT2D eigenvalue weighted by Crippen LogP contribution is -2.39. The molecular formula is C13H17F3N2O. The maximum atomic E-state index is 12.5. The number of nitrogens with zero attached hydrogens (tertiary/aromatic N) is 1. The number of hydrogen-bond acceptors (Lipinski definition) is 2. The van der Waals surface area contributed by atoms with Gasteiger partial charge in [0, 0.05) is 17.8 Å². The van der Waals surface area contributed by atoms with Gasteiger partial charge in [-0.05, 0) is 24.6 Å². The van der Waals surface area contributed by atoms with Crippen molar-refractivity contribution in [3.05, 3.63) is 29.8 Å². The van der Waals surface area contributed by atoms with E-state index in [9.17, 15) is 18.0 Å². The van der Waals surface area contributed by atoms with Gasteiger partial charge in [0.05, 0.1) is 0 Å². The third-order valence-corrected chi connectivity index (χ3v) is 2.57. The fraction of sp³-hybridized carbons (Fsp3) is 0.462. The first-order valence-corrected chi connectivity index (χ1v) is 6.05. The second-order valence-electron chi connectivity index (χ2n) is 4.32. The van der Waals surface area contributed by atoms with Crippen LogP contribution in [0.25, 0.3) is 0 Å². The van der Waals surface area contributed by atoms with E-state index in [1.165, 1.54) is 12.1 Å². The Morgan fingerprint density at radius 3 is 2.58 bits per heavy atom. The molecule has 0 saturated carbocycles. The third kappa shape index (κ3) is 5.19. The number of carbonyl (C=O) groups excluding carboxylic acids is 1. The second-order valence-corrected chi connectivity index (χ2v) is 4.32. The van der Waals surface area contributed by atoms with Crippen molar-refractivity contribution in [2.45, 2.75) is 25.9 Å². The van der Waals surface area contributed by atoms with Gasteiger partial charge >= 0.3 is 6.18 Å².